The maximum atomic E-state index is 12.8. The lowest BCUT2D eigenvalue weighted by Gasteiger charge is -2.25. The first-order valence-electron chi connectivity index (χ1n) is 9.69. The maximum Gasteiger partial charge on any atom is 0.259 e. The first-order chi connectivity index (χ1) is 13.5. The van der Waals surface area contributed by atoms with Crippen molar-refractivity contribution in [3.63, 3.8) is 0 Å². The SMILES string of the molecule is CC(C)NCCC1CCOc2cccc(C(=O)Nc3ccc(Br)cn3)c2NC1. The molecule has 0 saturated carbocycles. The third-order valence-electron chi connectivity index (χ3n) is 4.70. The van der Waals surface area contributed by atoms with Crippen molar-refractivity contribution in [3.05, 3.63) is 46.6 Å². The second-order valence-electron chi connectivity index (χ2n) is 7.28. The van der Waals surface area contributed by atoms with Crippen LogP contribution in [0.2, 0.25) is 0 Å². The number of hydrogen-bond donors (Lipinski definition) is 3. The number of anilines is 2. The highest BCUT2D eigenvalue weighted by Crippen LogP contribution is 2.31. The lowest BCUT2D eigenvalue weighted by atomic mass is 10.00. The molecule has 2 heterocycles. The summed E-state index contributed by atoms with van der Waals surface area (Å²) in [6.45, 7) is 6.76. The van der Waals surface area contributed by atoms with E-state index in [4.69, 9.17) is 4.74 Å². The lowest BCUT2D eigenvalue weighted by molar-refractivity contribution is 0.102. The van der Waals surface area contributed by atoms with Crippen LogP contribution in [0, 0.1) is 5.92 Å². The smallest absolute Gasteiger partial charge is 0.259 e. The molecule has 1 aliphatic heterocycles. The summed E-state index contributed by atoms with van der Waals surface area (Å²) in [5.41, 5.74) is 1.31. The van der Waals surface area contributed by atoms with Crippen molar-refractivity contribution >= 4 is 33.3 Å². The Hall–Kier alpha value is -2.12. The highest BCUT2D eigenvalue weighted by Gasteiger charge is 2.20. The van der Waals surface area contributed by atoms with Gasteiger partial charge in [0.05, 0.1) is 17.9 Å². The molecule has 0 spiro atoms. The zero-order chi connectivity index (χ0) is 19.9. The highest BCUT2D eigenvalue weighted by atomic mass is 79.9. The molecule has 0 aliphatic carbocycles. The summed E-state index contributed by atoms with van der Waals surface area (Å²) in [5.74, 6) is 1.51. The number of carbonyl (C=O) groups is 1. The Morgan fingerprint density at radius 3 is 2.96 bits per heavy atom. The van der Waals surface area contributed by atoms with Crippen LogP contribution in [0.3, 0.4) is 0 Å². The Morgan fingerprint density at radius 1 is 1.36 bits per heavy atom. The molecule has 150 valence electrons. The fourth-order valence-corrected chi connectivity index (χ4v) is 3.40. The van der Waals surface area contributed by atoms with Crippen LogP contribution < -0.4 is 20.7 Å². The molecule has 1 amide bonds. The van der Waals surface area contributed by atoms with Crippen molar-refractivity contribution < 1.29 is 9.53 Å². The van der Waals surface area contributed by atoms with Crippen LogP contribution in [0.1, 0.15) is 37.0 Å². The average molecular weight is 447 g/mol. The number of benzene rings is 1. The number of hydrogen-bond acceptors (Lipinski definition) is 5. The molecule has 1 aromatic heterocycles. The highest BCUT2D eigenvalue weighted by molar-refractivity contribution is 9.10. The van der Waals surface area contributed by atoms with Crippen molar-refractivity contribution in [2.75, 3.05) is 30.3 Å². The van der Waals surface area contributed by atoms with Crippen LogP contribution in [0.4, 0.5) is 11.5 Å². The molecule has 1 aliphatic rings. The fraction of sp³-hybridized carbons (Fsp3) is 0.429. The summed E-state index contributed by atoms with van der Waals surface area (Å²) in [4.78, 5) is 17.0. The van der Waals surface area contributed by atoms with E-state index in [1.165, 1.54) is 0 Å². The summed E-state index contributed by atoms with van der Waals surface area (Å²) in [5, 5.41) is 9.78. The first-order valence-corrected chi connectivity index (χ1v) is 10.5. The molecule has 2 aromatic rings. The van der Waals surface area contributed by atoms with Gasteiger partial charge in [-0.15, -0.1) is 0 Å². The Balaban J connectivity index is 1.70. The van der Waals surface area contributed by atoms with Crippen LogP contribution in [-0.2, 0) is 0 Å². The number of carbonyl (C=O) groups excluding carboxylic acids is 1. The molecule has 28 heavy (non-hydrogen) atoms. The van der Waals surface area contributed by atoms with Crippen molar-refractivity contribution in [2.24, 2.45) is 5.92 Å². The van der Waals surface area contributed by atoms with Crippen molar-refractivity contribution in [2.45, 2.75) is 32.7 Å². The number of pyridine rings is 1. The predicted octanol–water partition coefficient (Wildman–Crippen LogP) is 4.30. The van der Waals surface area contributed by atoms with E-state index in [0.29, 0.717) is 29.9 Å². The van der Waals surface area contributed by atoms with Crippen molar-refractivity contribution in [3.8, 4) is 5.75 Å². The largest absolute Gasteiger partial charge is 0.491 e. The molecule has 1 unspecified atom stereocenters. The lowest BCUT2D eigenvalue weighted by Crippen LogP contribution is -2.29. The third kappa shape index (κ3) is 5.69. The molecular weight excluding hydrogens is 420 g/mol. The number of rotatable bonds is 6. The first kappa shape index (κ1) is 20.6. The number of ether oxygens (including phenoxy) is 1. The van der Waals surface area contributed by atoms with Gasteiger partial charge in [0.25, 0.3) is 5.91 Å². The third-order valence-corrected chi connectivity index (χ3v) is 5.17. The average Bonchev–Trinajstić information content (AvgIpc) is 2.65. The van der Waals surface area contributed by atoms with Gasteiger partial charge < -0.3 is 20.7 Å². The van der Waals surface area contributed by atoms with Gasteiger partial charge in [0.15, 0.2) is 0 Å². The van der Waals surface area contributed by atoms with Gasteiger partial charge in [-0.3, -0.25) is 4.79 Å². The molecule has 1 atom stereocenters. The number of para-hydroxylation sites is 1. The van der Waals surface area contributed by atoms with Crippen LogP contribution in [0.15, 0.2) is 41.0 Å². The van der Waals surface area contributed by atoms with Crippen molar-refractivity contribution in [1.29, 1.82) is 0 Å². The van der Waals surface area contributed by atoms with E-state index < -0.39 is 0 Å². The van der Waals surface area contributed by atoms with Gasteiger partial charge in [0.2, 0.25) is 0 Å². The second kappa shape index (κ2) is 9.89. The number of fused-ring (bicyclic) bond motifs is 1. The van der Waals surface area contributed by atoms with E-state index in [1.807, 2.05) is 18.2 Å². The summed E-state index contributed by atoms with van der Waals surface area (Å²) in [6.07, 6.45) is 3.72. The zero-order valence-electron chi connectivity index (χ0n) is 16.3. The molecule has 6 nitrogen and oxygen atoms in total. The fourth-order valence-electron chi connectivity index (χ4n) is 3.16. The van der Waals surface area contributed by atoms with Gasteiger partial charge in [-0.2, -0.15) is 0 Å². The van der Waals surface area contributed by atoms with E-state index in [9.17, 15) is 4.79 Å². The molecule has 0 radical (unpaired) electrons. The Kier molecular flexibility index (Phi) is 7.28. The number of amides is 1. The van der Waals surface area contributed by atoms with Crippen molar-refractivity contribution in [1.82, 2.24) is 10.3 Å². The monoisotopic (exact) mass is 446 g/mol. The molecule has 0 bridgehead atoms. The molecule has 0 saturated heterocycles. The normalized spacial score (nSPS) is 16.4. The van der Waals surface area contributed by atoms with E-state index >= 15 is 0 Å². The van der Waals surface area contributed by atoms with Crippen LogP contribution in [0.5, 0.6) is 5.75 Å². The van der Waals surface area contributed by atoms with Crippen LogP contribution >= 0.6 is 15.9 Å². The molecule has 3 N–H and O–H groups in total. The summed E-state index contributed by atoms with van der Waals surface area (Å²) < 4.78 is 6.82. The van der Waals surface area contributed by atoms with Gasteiger partial charge >= 0.3 is 0 Å². The topological polar surface area (TPSA) is 75.3 Å². The van der Waals surface area contributed by atoms with Gasteiger partial charge in [0, 0.05) is 23.3 Å². The second-order valence-corrected chi connectivity index (χ2v) is 8.19. The minimum atomic E-state index is -0.207. The Bertz CT molecular complexity index is 795. The van der Waals surface area contributed by atoms with Gasteiger partial charge in [-0.1, -0.05) is 19.9 Å². The van der Waals surface area contributed by atoms with E-state index in [1.54, 1.807) is 18.3 Å². The van der Waals surface area contributed by atoms with E-state index in [-0.39, 0.29) is 5.91 Å². The van der Waals surface area contributed by atoms with Gasteiger partial charge in [-0.05, 0) is 65.5 Å². The minimum Gasteiger partial charge on any atom is -0.491 e. The quantitative estimate of drug-likeness (QED) is 0.616. The number of aromatic nitrogens is 1. The van der Waals surface area contributed by atoms with Gasteiger partial charge in [0.1, 0.15) is 11.6 Å². The molecule has 3 rings (SSSR count). The molecule has 0 fully saturated rings. The molecule has 1 aromatic carbocycles. The summed E-state index contributed by atoms with van der Waals surface area (Å²) in [6, 6.07) is 9.64. The Morgan fingerprint density at radius 2 is 2.21 bits per heavy atom. The minimum absolute atomic E-state index is 0.207. The number of nitrogens with one attached hydrogen (secondary N) is 3. The summed E-state index contributed by atoms with van der Waals surface area (Å²) in [7, 11) is 0. The standard InChI is InChI=1S/C21H27BrN4O2/c1-14(2)23-10-8-15-9-11-28-18-5-3-4-17(20(18)25-12-15)21(27)26-19-7-6-16(22)13-24-19/h3-7,13-15,23,25H,8-12H2,1-2H3,(H,24,26,27). The summed E-state index contributed by atoms with van der Waals surface area (Å²) >= 11 is 3.35. The number of nitrogens with zero attached hydrogens (tertiary/aromatic N) is 1. The Labute approximate surface area is 174 Å². The van der Waals surface area contributed by atoms with Gasteiger partial charge in [-0.25, -0.2) is 4.98 Å². The maximum absolute atomic E-state index is 12.8. The van der Waals surface area contributed by atoms with Crippen LogP contribution in [0.25, 0.3) is 0 Å². The van der Waals surface area contributed by atoms with E-state index in [0.717, 1.165) is 41.8 Å². The zero-order valence-corrected chi connectivity index (χ0v) is 17.9. The van der Waals surface area contributed by atoms with Crippen LogP contribution in [-0.4, -0.2) is 36.6 Å². The molecular formula is C21H27BrN4O2. The van der Waals surface area contributed by atoms with E-state index in [2.05, 4.69) is 50.7 Å². The molecule has 7 heteroatoms. The number of halogens is 1. The predicted molar refractivity (Wildman–Crippen MR) is 116 cm³/mol.